The summed E-state index contributed by atoms with van der Waals surface area (Å²) in [5.74, 6) is -0.137. The van der Waals surface area contributed by atoms with Crippen molar-refractivity contribution < 1.29 is 22.7 Å². The summed E-state index contributed by atoms with van der Waals surface area (Å²) in [4.78, 5) is 18.8. The number of nitrogens with zero attached hydrogens (tertiary/aromatic N) is 2. The molecular formula is C19H21F3N4O2. The van der Waals surface area contributed by atoms with Crippen LogP contribution >= 0.6 is 0 Å². The number of benzene rings is 1. The second-order valence-corrected chi connectivity index (χ2v) is 6.31. The molecule has 2 heterocycles. The number of morpholine rings is 1. The first-order valence-corrected chi connectivity index (χ1v) is 8.91. The van der Waals surface area contributed by atoms with Crippen molar-refractivity contribution in [1.82, 2.24) is 15.2 Å². The summed E-state index contributed by atoms with van der Waals surface area (Å²) in [6.45, 7) is 4.17. The lowest BCUT2D eigenvalue weighted by Gasteiger charge is -2.26. The Kier molecular flexibility index (Phi) is 6.48. The van der Waals surface area contributed by atoms with Crippen LogP contribution in [0.4, 0.5) is 24.7 Å². The number of carbonyl (C=O) groups excluding carboxylic acids is 1. The van der Waals surface area contributed by atoms with Gasteiger partial charge in [-0.1, -0.05) is 6.07 Å². The number of ether oxygens (including phenoxy) is 1. The third-order valence-electron chi connectivity index (χ3n) is 4.32. The molecule has 150 valence electrons. The van der Waals surface area contributed by atoms with E-state index in [1.165, 1.54) is 18.3 Å². The first-order valence-electron chi connectivity index (χ1n) is 8.91. The van der Waals surface area contributed by atoms with Crippen LogP contribution in [0.25, 0.3) is 0 Å². The SMILES string of the molecule is O=C(NCCN1CCOCC1)c1cccnc1Nc1cccc(C(F)(F)F)c1. The number of amides is 1. The molecule has 0 bridgehead atoms. The average molecular weight is 394 g/mol. The highest BCUT2D eigenvalue weighted by Gasteiger charge is 2.30. The fourth-order valence-corrected chi connectivity index (χ4v) is 2.85. The fraction of sp³-hybridized carbons (Fsp3) is 0.368. The van der Waals surface area contributed by atoms with Crippen LogP contribution in [-0.2, 0) is 10.9 Å². The number of alkyl halides is 3. The van der Waals surface area contributed by atoms with E-state index in [0.717, 1.165) is 25.2 Å². The van der Waals surface area contributed by atoms with Gasteiger partial charge in [0.15, 0.2) is 0 Å². The Morgan fingerprint density at radius 3 is 2.71 bits per heavy atom. The predicted molar refractivity (Wildman–Crippen MR) is 98.6 cm³/mol. The van der Waals surface area contributed by atoms with Gasteiger partial charge in [0.2, 0.25) is 0 Å². The molecule has 0 radical (unpaired) electrons. The van der Waals surface area contributed by atoms with E-state index >= 15 is 0 Å². The number of anilines is 2. The van der Waals surface area contributed by atoms with Crippen molar-refractivity contribution in [3.8, 4) is 0 Å². The molecule has 1 aromatic heterocycles. The lowest BCUT2D eigenvalue weighted by molar-refractivity contribution is -0.137. The van der Waals surface area contributed by atoms with Gasteiger partial charge in [0, 0.05) is 38.1 Å². The van der Waals surface area contributed by atoms with Crippen LogP contribution in [-0.4, -0.2) is 55.2 Å². The second-order valence-electron chi connectivity index (χ2n) is 6.31. The number of pyridine rings is 1. The Bertz CT molecular complexity index is 808. The summed E-state index contributed by atoms with van der Waals surface area (Å²) in [6, 6.07) is 7.94. The largest absolute Gasteiger partial charge is 0.416 e. The number of halogens is 3. The van der Waals surface area contributed by atoms with Gasteiger partial charge in [-0.3, -0.25) is 9.69 Å². The Labute approximate surface area is 160 Å². The van der Waals surface area contributed by atoms with Crippen LogP contribution in [0.15, 0.2) is 42.6 Å². The van der Waals surface area contributed by atoms with Crippen LogP contribution < -0.4 is 10.6 Å². The zero-order valence-corrected chi connectivity index (χ0v) is 15.1. The number of aromatic nitrogens is 1. The minimum atomic E-state index is -4.44. The van der Waals surface area contributed by atoms with Gasteiger partial charge in [-0.2, -0.15) is 13.2 Å². The number of hydrogen-bond donors (Lipinski definition) is 2. The summed E-state index contributed by atoms with van der Waals surface area (Å²) in [6.07, 6.45) is -2.97. The molecule has 2 N–H and O–H groups in total. The molecule has 1 aliphatic heterocycles. The van der Waals surface area contributed by atoms with Gasteiger partial charge in [0.05, 0.1) is 24.3 Å². The molecule has 3 rings (SSSR count). The van der Waals surface area contributed by atoms with E-state index in [0.29, 0.717) is 26.3 Å². The molecular weight excluding hydrogens is 373 g/mol. The first-order chi connectivity index (χ1) is 13.4. The second kappa shape index (κ2) is 9.03. The van der Waals surface area contributed by atoms with E-state index in [-0.39, 0.29) is 23.0 Å². The zero-order valence-electron chi connectivity index (χ0n) is 15.1. The minimum Gasteiger partial charge on any atom is -0.379 e. The van der Waals surface area contributed by atoms with Gasteiger partial charge < -0.3 is 15.4 Å². The highest BCUT2D eigenvalue weighted by molar-refractivity contribution is 5.99. The third-order valence-corrected chi connectivity index (χ3v) is 4.32. The molecule has 28 heavy (non-hydrogen) atoms. The summed E-state index contributed by atoms with van der Waals surface area (Å²) >= 11 is 0. The number of rotatable bonds is 6. The Morgan fingerprint density at radius 2 is 1.96 bits per heavy atom. The Balaban J connectivity index is 1.64. The topological polar surface area (TPSA) is 66.5 Å². The van der Waals surface area contributed by atoms with Crippen molar-refractivity contribution in [2.75, 3.05) is 44.7 Å². The van der Waals surface area contributed by atoms with Crippen LogP contribution in [0.3, 0.4) is 0 Å². The predicted octanol–water partition coefficient (Wildman–Crippen LogP) is 2.91. The molecule has 0 spiro atoms. The standard InChI is InChI=1S/C19H21F3N4O2/c20-19(21,22)14-3-1-4-15(13-14)25-17-16(5-2-6-23-17)18(27)24-7-8-26-9-11-28-12-10-26/h1-6,13H,7-12H2,(H,23,25)(H,24,27). The van der Waals surface area contributed by atoms with Gasteiger partial charge in [-0.05, 0) is 30.3 Å². The van der Waals surface area contributed by atoms with E-state index in [1.54, 1.807) is 12.1 Å². The molecule has 9 heteroatoms. The van der Waals surface area contributed by atoms with Gasteiger partial charge in [0.25, 0.3) is 5.91 Å². The highest BCUT2D eigenvalue weighted by atomic mass is 19.4. The van der Waals surface area contributed by atoms with Gasteiger partial charge in [-0.15, -0.1) is 0 Å². The Morgan fingerprint density at radius 1 is 1.18 bits per heavy atom. The van der Waals surface area contributed by atoms with E-state index in [2.05, 4.69) is 20.5 Å². The van der Waals surface area contributed by atoms with Crippen molar-refractivity contribution in [1.29, 1.82) is 0 Å². The quantitative estimate of drug-likeness (QED) is 0.789. The fourth-order valence-electron chi connectivity index (χ4n) is 2.85. The van der Waals surface area contributed by atoms with E-state index in [9.17, 15) is 18.0 Å². The van der Waals surface area contributed by atoms with Gasteiger partial charge in [-0.25, -0.2) is 4.98 Å². The first kappa shape index (κ1) is 20.1. The monoisotopic (exact) mass is 394 g/mol. The maximum absolute atomic E-state index is 12.9. The molecule has 1 aromatic carbocycles. The van der Waals surface area contributed by atoms with Gasteiger partial charge >= 0.3 is 6.18 Å². The lowest BCUT2D eigenvalue weighted by Crippen LogP contribution is -2.41. The molecule has 0 unspecified atom stereocenters. The van der Waals surface area contributed by atoms with Crippen LogP contribution in [0.2, 0.25) is 0 Å². The van der Waals surface area contributed by atoms with Gasteiger partial charge in [0.1, 0.15) is 5.82 Å². The van der Waals surface area contributed by atoms with E-state index in [4.69, 9.17) is 4.74 Å². The summed E-state index contributed by atoms with van der Waals surface area (Å²) in [5, 5.41) is 5.63. The van der Waals surface area contributed by atoms with Crippen LogP contribution in [0.5, 0.6) is 0 Å². The maximum Gasteiger partial charge on any atom is 0.416 e. The van der Waals surface area contributed by atoms with Crippen molar-refractivity contribution >= 4 is 17.4 Å². The van der Waals surface area contributed by atoms with Crippen LogP contribution in [0, 0.1) is 0 Å². The van der Waals surface area contributed by atoms with Crippen molar-refractivity contribution in [2.24, 2.45) is 0 Å². The van der Waals surface area contributed by atoms with Crippen LogP contribution in [0.1, 0.15) is 15.9 Å². The molecule has 1 saturated heterocycles. The average Bonchev–Trinajstić information content (AvgIpc) is 2.69. The molecule has 0 atom stereocenters. The summed E-state index contributed by atoms with van der Waals surface area (Å²) in [7, 11) is 0. The number of hydrogen-bond acceptors (Lipinski definition) is 5. The van der Waals surface area contributed by atoms with Crippen molar-refractivity contribution in [2.45, 2.75) is 6.18 Å². The minimum absolute atomic E-state index is 0.200. The molecule has 1 fully saturated rings. The normalized spacial score (nSPS) is 15.2. The Hall–Kier alpha value is -2.65. The maximum atomic E-state index is 12.9. The summed E-state index contributed by atoms with van der Waals surface area (Å²) in [5.41, 5.74) is -0.303. The molecule has 2 aromatic rings. The molecule has 1 amide bonds. The lowest BCUT2D eigenvalue weighted by atomic mass is 10.2. The molecule has 1 aliphatic rings. The molecule has 0 saturated carbocycles. The van der Waals surface area contributed by atoms with Crippen molar-refractivity contribution in [3.05, 3.63) is 53.7 Å². The number of nitrogens with one attached hydrogen (secondary N) is 2. The van der Waals surface area contributed by atoms with Crippen molar-refractivity contribution in [3.63, 3.8) is 0 Å². The molecule has 0 aliphatic carbocycles. The number of carbonyl (C=O) groups is 1. The van der Waals surface area contributed by atoms with E-state index < -0.39 is 11.7 Å². The smallest absolute Gasteiger partial charge is 0.379 e. The van der Waals surface area contributed by atoms with E-state index in [1.807, 2.05) is 0 Å². The highest BCUT2D eigenvalue weighted by Crippen LogP contribution is 2.31. The zero-order chi connectivity index (χ0) is 20.0. The third kappa shape index (κ3) is 5.43. The summed E-state index contributed by atoms with van der Waals surface area (Å²) < 4.78 is 43.9. The molecule has 6 nitrogen and oxygen atoms in total.